The molecule has 0 aromatic heterocycles. The quantitative estimate of drug-likeness (QED) is 0.396. The zero-order chi connectivity index (χ0) is 24.5. The van der Waals surface area contributed by atoms with Gasteiger partial charge in [-0.3, -0.25) is 4.79 Å². The molecule has 0 radical (unpaired) electrons. The molecule has 0 bridgehead atoms. The highest BCUT2D eigenvalue weighted by Crippen LogP contribution is 2.50. The highest BCUT2D eigenvalue weighted by atomic mass is 35.5. The lowest BCUT2D eigenvalue weighted by molar-refractivity contribution is 0.104. The zero-order valence-electron chi connectivity index (χ0n) is 19.6. The van der Waals surface area contributed by atoms with Crippen molar-refractivity contribution in [3.63, 3.8) is 0 Å². The van der Waals surface area contributed by atoms with Crippen LogP contribution in [0.1, 0.15) is 54.2 Å². The summed E-state index contributed by atoms with van der Waals surface area (Å²) in [6.45, 7) is 6.66. The van der Waals surface area contributed by atoms with Crippen LogP contribution < -0.4 is 4.90 Å². The van der Waals surface area contributed by atoms with Gasteiger partial charge in [-0.05, 0) is 79.4 Å². The molecular weight excluding hydrogens is 466 g/mol. The molecule has 0 amide bonds. The van der Waals surface area contributed by atoms with Crippen molar-refractivity contribution >= 4 is 39.0 Å². The van der Waals surface area contributed by atoms with Crippen molar-refractivity contribution in [2.24, 2.45) is 0 Å². The van der Waals surface area contributed by atoms with Crippen LogP contribution >= 0.6 is 11.6 Å². The van der Waals surface area contributed by atoms with E-state index in [0.717, 1.165) is 23.2 Å². The Hall–Kier alpha value is -2.89. The van der Waals surface area contributed by atoms with E-state index in [0.29, 0.717) is 10.6 Å². The van der Waals surface area contributed by atoms with Crippen molar-refractivity contribution < 1.29 is 13.2 Å². The molecule has 174 valence electrons. The fourth-order valence-corrected chi connectivity index (χ4v) is 7.13. The summed E-state index contributed by atoms with van der Waals surface area (Å²) in [6.07, 6.45) is 2.37. The highest BCUT2D eigenvalue weighted by Gasteiger charge is 2.44. The van der Waals surface area contributed by atoms with Gasteiger partial charge in [0.2, 0.25) is 15.6 Å². The van der Waals surface area contributed by atoms with E-state index >= 15 is 0 Å². The third kappa shape index (κ3) is 3.33. The molecule has 0 aliphatic carbocycles. The second-order valence-electron chi connectivity index (χ2n) is 10.0. The SMILES string of the molecule is CN1c2ccc(C=C3C(=O)c4ccccc4S3(=O)=O)cc2C(C)(c2ccc(Cl)cc2)CC1(C)C. The fourth-order valence-electron chi connectivity index (χ4n) is 5.41. The van der Waals surface area contributed by atoms with Gasteiger partial charge in [0.05, 0.1) is 4.90 Å². The van der Waals surface area contributed by atoms with Gasteiger partial charge >= 0.3 is 0 Å². The molecule has 6 heteroatoms. The van der Waals surface area contributed by atoms with Gasteiger partial charge in [-0.15, -0.1) is 0 Å². The van der Waals surface area contributed by atoms with Crippen LogP contribution in [-0.4, -0.2) is 26.8 Å². The molecule has 5 rings (SSSR count). The Kier molecular flexibility index (Phi) is 5.08. The molecule has 34 heavy (non-hydrogen) atoms. The molecule has 0 spiro atoms. The van der Waals surface area contributed by atoms with Crippen molar-refractivity contribution in [2.45, 2.75) is 43.0 Å². The van der Waals surface area contributed by atoms with Crippen LogP contribution in [0, 0.1) is 0 Å². The van der Waals surface area contributed by atoms with E-state index in [1.807, 2.05) is 30.3 Å². The standard InChI is InChI=1S/C28H26ClNO3S/c1-27(2)17-28(3,19-10-12-20(29)13-11-19)22-15-18(9-14-23(22)30(27)4)16-25-26(31)21-7-5-6-8-24(21)34(25,32)33/h5-16H,17H2,1-4H3. The Balaban J connectivity index is 1.69. The van der Waals surface area contributed by atoms with Crippen molar-refractivity contribution in [1.82, 2.24) is 0 Å². The van der Waals surface area contributed by atoms with Crippen LogP contribution in [-0.2, 0) is 15.3 Å². The molecule has 4 nitrogen and oxygen atoms in total. The third-order valence-electron chi connectivity index (χ3n) is 7.38. The van der Waals surface area contributed by atoms with E-state index in [9.17, 15) is 13.2 Å². The van der Waals surface area contributed by atoms with Gasteiger partial charge in [-0.25, -0.2) is 8.42 Å². The number of fused-ring (bicyclic) bond motifs is 2. The Bertz CT molecular complexity index is 1470. The molecule has 0 N–H and O–H groups in total. The van der Waals surface area contributed by atoms with Crippen molar-refractivity contribution in [3.05, 3.63) is 98.9 Å². The summed E-state index contributed by atoms with van der Waals surface area (Å²) in [5.74, 6) is -0.452. The van der Waals surface area contributed by atoms with Gasteiger partial charge in [-0.2, -0.15) is 0 Å². The number of sulfone groups is 1. The maximum absolute atomic E-state index is 13.1. The lowest BCUT2D eigenvalue weighted by Crippen LogP contribution is -2.51. The minimum absolute atomic E-state index is 0.0803. The van der Waals surface area contributed by atoms with E-state index in [2.05, 4.69) is 44.9 Å². The Labute approximate surface area is 205 Å². The van der Waals surface area contributed by atoms with Crippen molar-refractivity contribution in [2.75, 3.05) is 11.9 Å². The van der Waals surface area contributed by atoms with Crippen LogP contribution in [0.5, 0.6) is 0 Å². The summed E-state index contributed by atoms with van der Waals surface area (Å²) >= 11 is 6.17. The summed E-state index contributed by atoms with van der Waals surface area (Å²) in [4.78, 5) is 15.1. The first kappa shape index (κ1) is 22.9. The summed E-state index contributed by atoms with van der Waals surface area (Å²) in [6, 6.07) is 20.2. The second kappa shape index (κ2) is 7.56. The second-order valence-corrected chi connectivity index (χ2v) is 12.3. The maximum Gasteiger partial charge on any atom is 0.211 e. The summed E-state index contributed by atoms with van der Waals surface area (Å²) in [7, 11) is -1.76. The number of benzene rings is 3. The zero-order valence-corrected chi connectivity index (χ0v) is 21.2. The molecule has 1 atom stereocenters. The number of anilines is 1. The molecule has 1 unspecified atom stereocenters. The highest BCUT2D eigenvalue weighted by molar-refractivity contribution is 7.97. The average Bonchev–Trinajstić information content (AvgIpc) is 2.99. The van der Waals surface area contributed by atoms with Gasteiger partial charge in [0.25, 0.3) is 0 Å². The number of halogens is 1. The van der Waals surface area contributed by atoms with Gasteiger partial charge in [0.1, 0.15) is 4.91 Å². The number of nitrogens with zero attached hydrogens (tertiary/aromatic N) is 1. The number of allylic oxidation sites excluding steroid dienone is 1. The van der Waals surface area contributed by atoms with Gasteiger partial charge < -0.3 is 4.90 Å². The van der Waals surface area contributed by atoms with Crippen LogP contribution in [0.15, 0.2) is 76.5 Å². The van der Waals surface area contributed by atoms with Crippen LogP contribution in [0.3, 0.4) is 0 Å². The third-order valence-corrected chi connectivity index (χ3v) is 9.45. The lowest BCUT2D eigenvalue weighted by atomic mass is 9.65. The van der Waals surface area contributed by atoms with E-state index in [1.165, 1.54) is 12.1 Å². The van der Waals surface area contributed by atoms with Crippen molar-refractivity contribution in [1.29, 1.82) is 0 Å². The summed E-state index contributed by atoms with van der Waals surface area (Å²) in [5.41, 5.74) is 3.80. The first-order valence-corrected chi connectivity index (χ1v) is 13.1. The van der Waals surface area contributed by atoms with Crippen LogP contribution in [0.2, 0.25) is 5.02 Å². The van der Waals surface area contributed by atoms with Crippen LogP contribution in [0.4, 0.5) is 5.69 Å². The molecular formula is C28H26ClNO3S. The first-order valence-electron chi connectivity index (χ1n) is 11.2. The number of Topliss-reactive ketones (excluding diaryl/α,β-unsaturated/α-hetero) is 1. The predicted molar refractivity (Wildman–Crippen MR) is 137 cm³/mol. The number of carbonyl (C=O) groups excluding carboxylic acids is 1. The van der Waals surface area contributed by atoms with Gasteiger partial charge in [0, 0.05) is 34.3 Å². The molecule has 2 aliphatic rings. The number of hydrogen-bond donors (Lipinski definition) is 0. The Morgan fingerprint density at radius 1 is 0.971 bits per heavy atom. The van der Waals surface area contributed by atoms with Gasteiger partial charge in [-0.1, -0.05) is 48.9 Å². The summed E-state index contributed by atoms with van der Waals surface area (Å²) in [5, 5.41) is 0.683. The van der Waals surface area contributed by atoms with Crippen LogP contribution in [0.25, 0.3) is 6.08 Å². The first-order chi connectivity index (χ1) is 15.9. The Morgan fingerprint density at radius 2 is 1.65 bits per heavy atom. The molecule has 2 aliphatic heterocycles. The number of hydrogen-bond acceptors (Lipinski definition) is 4. The lowest BCUT2D eigenvalue weighted by Gasteiger charge is -2.51. The predicted octanol–water partition coefficient (Wildman–Crippen LogP) is 6.28. The normalized spacial score (nSPS) is 23.6. The van der Waals surface area contributed by atoms with E-state index in [-0.39, 0.29) is 26.3 Å². The number of rotatable bonds is 2. The van der Waals surface area contributed by atoms with Crippen molar-refractivity contribution in [3.8, 4) is 0 Å². The average molecular weight is 492 g/mol. The fraction of sp³-hybridized carbons (Fsp3) is 0.250. The molecule has 0 saturated heterocycles. The monoisotopic (exact) mass is 491 g/mol. The van der Waals surface area contributed by atoms with E-state index < -0.39 is 15.6 Å². The minimum Gasteiger partial charge on any atom is -0.369 e. The summed E-state index contributed by atoms with van der Waals surface area (Å²) < 4.78 is 26.2. The molecule has 0 fully saturated rings. The molecule has 0 saturated carbocycles. The minimum atomic E-state index is -3.84. The van der Waals surface area contributed by atoms with Gasteiger partial charge in [0.15, 0.2) is 0 Å². The molecule has 3 aromatic carbocycles. The maximum atomic E-state index is 13.1. The largest absolute Gasteiger partial charge is 0.369 e. The Morgan fingerprint density at radius 3 is 2.32 bits per heavy atom. The molecule has 3 aromatic rings. The smallest absolute Gasteiger partial charge is 0.211 e. The van der Waals surface area contributed by atoms with E-state index in [1.54, 1.807) is 18.2 Å². The topological polar surface area (TPSA) is 54.5 Å². The number of carbonyl (C=O) groups is 1. The van der Waals surface area contributed by atoms with E-state index in [4.69, 9.17) is 11.6 Å². The number of ketones is 1. The molecule has 2 heterocycles.